The fourth-order valence-electron chi connectivity index (χ4n) is 4.42. The maximum absolute atomic E-state index is 12.9. The minimum atomic E-state index is -4.48. The summed E-state index contributed by atoms with van der Waals surface area (Å²) in [4.78, 5) is 11.7. The topological polar surface area (TPSA) is 92.8 Å². The number of hydrogen-bond acceptors (Lipinski definition) is 8. The standard InChI is InChI=1S/C26H23F3N8O/c1-36-22-12-17(2-3-18(22)15-30-36)20-14-24(33-25(32-20)37-8-10-38-11-9-37)31-19-6-4-16(5-7-19)21-13-23(35-34-21)26(27,28)29/h2-7,12,14-15H,8-11,13H2,1H3,(H,31,32,33). The van der Waals surface area contributed by atoms with E-state index in [1.54, 1.807) is 24.3 Å². The Labute approximate surface area is 215 Å². The van der Waals surface area contributed by atoms with Gasteiger partial charge in [-0.15, -0.1) is 5.10 Å². The zero-order chi connectivity index (χ0) is 26.3. The van der Waals surface area contributed by atoms with Crippen LogP contribution in [0, 0.1) is 0 Å². The third kappa shape index (κ3) is 4.82. The molecule has 1 saturated heterocycles. The van der Waals surface area contributed by atoms with Crippen LogP contribution in [0.4, 0.5) is 30.6 Å². The first kappa shape index (κ1) is 24.0. The van der Waals surface area contributed by atoms with E-state index >= 15 is 0 Å². The number of ether oxygens (including phenoxy) is 1. The Morgan fingerprint density at radius 3 is 2.42 bits per heavy atom. The molecule has 0 spiro atoms. The molecule has 38 heavy (non-hydrogen) atoms. The first-order valence-electron chi connectivity index (χ1n) is 12.1. The molecule has 0 amide bonds. The van der Waals surface area contributed by atoms with Crippen LogP contribution >= 0.6 is 0 Å². The zero-order valence-corrected chi connectivity index (χ0v) is 20.4. The van der Waals surface area contributed by atoms with Crippen molar-refractivity contribution in [3.8, 4) is 11.3 Å². The highest BCUT2D eigenvalue weighted by molar-refractivity contribution is 6.16. The average Bonchev–Trinajstić information content (AvgIpc) is 3.57. The van der Waals surface area contributed by atoms with Gasteiger partial charge in [0.05, 0.1) is 36.3 Å². The quantitative estimate of drug-likeness (QED) is 0.409. The Kier molecular flexibility index (Phi) is 6.03. The van der Waals surface area contributed by atoms with Crippen LogP contribution in [0.1, 0.15) is 12.0 Å². The van der Waals surface area contributed by atoms with Gasteiger partial charge in [-0.1, -0.05) is 24.3 Å². The number of hydrogen-bond donors (Lipinski definition) is 1. The van der Waals surface area contributed by atoms with Crippen LogP contribution in [0.5, 0.6) is 0 Å². The van der Waals surface area contributed by atoms with E-state index in [4.69, 9.17) is 14.7 Å². The molecule has 0 saturated carbocycles. The zero-order valence-electron chi connectivity index (χ0n) is 20.4. The van der Waals surface area contributed by atoms with Crippen LogP contribution in [0.25, 0.3) is 22.2 Å². The van der Waals surface area contributed by atoms with Crippen LogP contribution in [-0.2, 0) is 11.8 Å². The second-order valence-electron chi connectivity index (χ2n) is 9.05. The van der Waals surface area contributed by atoms with Crippen molar-refractivity contribution in [1.82, 2.24) is 19.7 Å². The van der Waals surface area contributed by atoms with Gasteiger partial charge in [0.15, 0.2) is 0 Å². The van der Waals surface area contributed by atoms with Crippen molar-refractivity contribution in [1.29, 1.82) is 0 Å². The molecule has 6 rings (SSSR count). The number of aromatic nitrogens is 4. The lowest BCUT2D eigenvalue weighted by Crippen LogP contribution is -2.37. The van der Waals surface area contributed by atoms with E-state index in [2.05, 4.69) is 25.5 Å². The van der Waals surface area contributed by atoms with Gasteiger partial charge in [0.1, 0.15) is 11.5 Å². The van der Waals surface area contributed by atoms with E-state index in [0.29, 0.717) is 43.6 Å². The molecular formula is C26H23F3N8O. The van der Waals surface area contributed by atoms with Crippen LogP contribution in [0.2, 0.25) is 0 Å². The lowest BCUT2D eigenvalue weighted by molar-refractivity contribution is -0.0596. The van der Waals surface area contributed by atoms with Gasteiger partial charge in [-0.25, -0.2) is 4.98 Å². The average molecular weight is 521 g/mol. The molecule has 2 aromatic heterocycles. The van der Waals surface area contributed by atoms with Crippen molar-refractivity contribution in [2.24, 2.45) is 17.3 Å². The van der Waals surface area contributed by atoms with Crippen molar-refractivity contribution in [2.45, 2.75) is 12.6 Å². The fraction of sp³-hybridized carbons (Fsp3) is 0.269. The Balaban J connectivity index is 1.28. The van der Waals surface area contributed by atoms with Crippen LogP contribution in [0.3, 0.4) is 0 Å². The van der Waals surface area contributed by atoms with Crippen LogP contribution < -0.4 is 10.2 Å². The Bertz CT molecular complexity index is 1550. The van der Waals surface area contributed by atoms with Gasteiger partial charge >= 0.3 is 6.18 Å². The summed E-state index contributed by atoms with van der Waals surface area (Å²) in [6, 6.07) is 14.9. The van der Waals surface area contributed by atoms with E-state index in [9.17, 15) is 13.2 Å². The summed E-state index contributed by atoms with van der Waals surface area (Å²) in [5.41, 5.74) is 3.38. The predicted molar refractivity (Wildman–Crippen MR) is 139 cm³/mol. The van der Waals surface area contributed by atoms with Gasteiger partial charge in [-0.2, -0.15) is 28.4 Å². The molecule has 0 atom stereocenters. The van der Waals surface area contributed by atoms with Gasteiger partial charge < -0.3 is 15.0 Å². The van der Waals surface area contributed by atoms with Gasteiger partial charge in [0.25, 0.3) is 0 Å². The summed E-state index contributed by atoms with van der Waals surface area (Å²) in [7, 11) is 1.90. The molecule has 0 bridgehead atoms. The van der Waals surface area contributed by atoms with Crippen molar-refractivity contribution < 1.29 is 17.9 Å². The lowest BCUT2D eigenvalue weighted by Gasteiger charge is -2.27. The molecule has 1 fully saturated rings. The molecule has 0 aliphatic carbocycles. The summed E-state index contributed by atoms with van der Waals surface area (Å²) >= 11 is 0. The molecule has 2 aliphatic heterocycles. The molecule has 194 valence electrons. The number of alkyl halides is 3. The third-order valence-corrected chi connectivity index (χ3v) is 6.50. The van der Waals surface area contributed by atoms with Gasteiger partial charge in [-0.05, 0) is 23.8 Å². The molecule has 2 aliphatic rings. The largest absolute Gasteiger partial charge is 0.431 e. The summed E-state index contributed by atoms with van der Waals surface area (Å²) in [6.45, 7) is 2.57. The molecule has 0 radical (unpaired) electrons. The fourth-order valence-corrected chi connectivity index (χ4v) is 4.42. The number of halogens is 3. The van der Waals surface area contributed by atoms with Crippen LogP contribution in [0.15, 0.2) is 64.9 Å². The van der Waals surface area contributed by atoms with Crippen molar-refractivity contribution in [3.05, 3.63) is 60.3 Å². The number of aryl methyl sites for hydroxylation is 1. The summed E-state index contributed by atoms with van der Waals surface area (Å²) in [5.74, 6) is 1.18. The number of rotatable bonds is 5. The van der Waals surface area contributed by atoms with E-state index in [0.717, 1.165) is 27.8 Å². The highest BCUT2D eigenvalue weighted by Gasteiger charge is 2.38. The third-order valence-electron chi connectivity index (χ3n) is 6.50. The van der Waals surface area contributed by atoms with Crippen molar-refractivity contribution in [2.75, 3.05) is 36.5 Å². The smallest absolute Gasteiger partial charge is 0.378 e. The molecule has 12 heteroatoms. The summed E-state index contributed by atoms with van der Waals surface area (Å²) < 4.78 is 46.1. The van der Waals surface area contributed by atoms with Crippen LogP contribution in [-0.4, -0.2) is 63.7 Å². The maximum atomic E-state index is 12.9. The molecule has 9 nitrogen and oxygen atoms in total. The molecule has 4 aromatic rings. The highest BCUT2D eigenvalue weighted by atomic mass is 19.4. The van der Waals surface area contributed by atoms with E-state index in [-0.39, 0.29) is 12.1 Å². The molecular weight excluding hydrogens is 497 g/mol. The highest BCUT2D eigenvalue weighted by Crippen LogP contribution is 2.29. The second kappa shape index (κ2) is 9.53. The Morgan fingerprint density at radius 2 is 1.68 bits per heavy atom. The number of morpholine rings is 1. The van der Waals surface area contributed by atoms with Gasteiger partial charge in [0.2, 0.25) is 5.95 Å². The van der Waals surface area contributed by atoms with E-state index < -0.39 is 11.9 Å². The second-order valence-corrected chi connectivity index (χ2v) is 9.05. The number of nitrogens with one attached hydrogen (secondary N) is 1. The summed E-state index contributed by atoms with van der Waals surface area (Å²) in [6.07, 6.45) is -2.99. The molecule has 1 N–H and O–H groups in total. The number of anilines is 3. The number of fused-ring (bicyclic) bond motifs is 1. The maximum Gasteiger partial charge on any atom is 0.431 e. The van der Waals surface area contributed by atoms with Gasteiger partial charge in [0, 0.05) is 49.3 Å². The minimum absolute atomic E-state index is 0.286. The SMILES string of the molecule is Cn1ncc2ccc(-c3cc(Nc4ccc(C5=NN=C(C(F)(F)F)C5)cc4)nc(N4CCOCC4)n3)cc21. The van der Waals surface area contributed by atoms with Crippen molar-refractivity contribution >= 4 is 39.8 Å². The first-order chi connectivity index (χ1) is 18.3. The molecule has 4 heterocycles. The van der Waals surface area contributed by atoms with Crippen molar-refractivity contribution in [3.63, 3.8) is 0 Å². The van der Waals surface area contributed by atoms with Gasteiger partial charge in [-0.3, -0.25) is 4.68 Å². The number of benzene rings is 2. The minimum Gasteiger partial charge on any atom is -0.378 e. The normalized spacial score (nSPS) is 16.1. The molecule has 2 aromatic carbocycles. The lowest BCUT2D eigenvalue weighted by atomic mass is 10.0. The van der Waals surface area contributed by atoms with E-state index in [1.807, 2.05) is 42.2 Å². The first-order valence-corrected chi connectivity index (χ1v) is 12.1. The molecule has 0 unspecified atom stereocenters. The number of nitrogens with zero attached hydrogens (tertiary/aromatic N) is 7. The predicted octanol–water partition coefficient (Wildman–Crippen LogP) is 4.72. The Morgan fingerprint density at radius 1 is 0.921 bits per heavy atom. The monoisotopic (exact) mass is 520 g/mol. The van der Waals surface area contributed by atoms with E-state index in [1.165, 1.54) is 0 Å². The Hall–Kier alpha value is -4.32. The summed E-state index contributed by atoms with van der Waals surface area (Å²) in [5, 5.41) is 15.7.